The van der Waals surface area contributed by atoms with Gasteiger partial charge in [-0.05, 0) is 110 Å². The van der Waals surface area contributed by atoms with Crippen LogP contribution in [0.5, 0.6) is 0 Å². The molecule has 3 fully saturated rings. The number of hydrogen-bond donors (Lipinski definition) is 4. The van der Waals surface area contributed by atoms with Crippen molar-refractivity contribution in [2.45, 2.75) is 88.9 Å². The molecule has 3 aliphatic rings. The summed E-state index contributed by atoms with van der Waals surface area (Å²) in [4.78, 5) is 18.5. The number of halogens is 2. The lowest BCUT2D eigenvalue weighted by Crippen LogP contribution is -2.26. The molecule has 0 amide bonds. The average molecular weight is 610 g/mol. The van der Waals surface area contributed by atoms with Gasteiger partial charge in [-0.15, -0.1) is 0 Å². The van der Waals surface area contributed by atoms with Crippen LogP contribution in [-0.2, 0) is 5.41 Å². The monoisotopic (exact) mass is 609 g/mol. The first-order valence-corrected chi connectivity index (χ1v) is 16.5. The lowest BCUT2D eigenvalue weighted by molar-refractivity contribution is 0.589. The van der Waals surface area contributed by atoms with Gasteiger partial charge in [-0.3, -0.25) is 0 Å². The van der Waals surface area contributed by atoms with Gasteiger partial charge in [-0.25, -0.2) is 18.7 Å². The molecule has 5 heterocycles. The maximum absolute atomic E-state index is 15.7. The SMILES string of the molecule is CC(C)(C)c1ccc(N2C(c3cc(F)c4nc(C5CCCN5)[nH]c4c3)CCC2c2cc(F)c3nc(C4CCCN4)[nH]c3c2)cc1. The van der Waals surface area contributed by atoms with Crippen molar-refractivity contribution in [2.75, 3.05) is 18.0 Å². The molecule has 3 aliphatic heterocycles. The summed E-state index contributed by atoms with van der Waals surface area (Å²) in [5.74, 6) is 0.973. The predicted molar refractivity (Wildman–Crippen MR) is 174 cm³/mol. The van der Waals surface area contributed by atoms with Gasteiger partial charge in [0.25, 0.3) is 0 Å². The fourth-order valence-electron chi connectivity index (χ4n) is 7.74. The van der Waals surface area contributed by atoms with E-state index in [1.54, 1.807) is 12.1 Å². The molecule has 4 N–H and O–H groups in total. The summed E-state index contributed by atoms with van der Waals surface area (Å²) in [6, 6.07) is 16.2. The molecule has 4 atom stereocenters. The molecule has 0 radical (unpaired) electrons. The van der Waals surface area contributed by atoms with E-state index in [0.717, 1.165) is 91.1 Å². The molecule has 7 nitrogen and oxygen atoms in total. The standard InChI is InChI=1S/C36H41F2N7/c1-36(2,3)22-8-10-23(11-9-22)45-30(20-16-24(37)32-28(18-20)41-34(43-32)26-6-4-14-39-26)12-13-31(45)21-17-25(38)33-29(19-21)42-35(44-33)27-7-5-15-40-27/h8-11,16-19,26-27,30-31,39-40H,4-7,12-15H2,1-3H3,(H,41,43)(H,42,44). The van der Waals surface area contributed by atoms with E-state index in [4.69, 9.17) is 0 Å². The van der Waals surface area contributed by atoms with E-state index in [9.17, 15) is 0 Å². The summed E-state index contributed by atoms with van der Waals surface area (Å²) in [5, 5.41) is 6.92. The van der Waals surface area contributed by atoms with E-state index in [-0.39, 0.29) is 41.2 Å². The van der Waals surface area contributed by atoms with Gasteiger partial charge >= 0.3 is 0 Å². The lowest BCUT2D eigenvalue weighted by atomic mass is 9.87. The molecule has 8 rings (SSSR count). The Labute approximate surface area is 262 Å². The number of nitrogens with zero attached hydrogens (tertiary/aromatic N) is 3. The quantitative estimate of drug-likeness (QED) is 0.163. The minimum atomic E-state index is -0.313. The van der Waals surface area contributed by atoms with Gasteiger partial charge in [0.15, 0.2) is 11.6 Å². The van der Waals surface area contributed by atoms with E-state index in [1.807, 2.05) is 0 Å². The van der Waals surface area contributed by atoms with Crippen LogP contribution < -0.4 is 15.5 Å². The van der Waals surface area contributed by atoms with Gasteiger partial charge in [0.2, 0.25) is 0 Å². The number of nitrogens with one attached hydrogen (secondary N) is 4. The Kier molecular flexibility index (Phi) is 6.95. The highest BCUT2D eigenvalue weighted by Crippen LogP contribution is 2.48. The maximum atomic E-state index is 15.7. The number of fused-ring (bicyclic) bond motifs is 2. The van der Waals surface area contributed by atoms with Gasteiger partial charge in [-0.2, -0.15) is 0 Å². The van der Waals surface area contributed by atoms with E-state index >= 15 is 8.78 Å². The zero-order chi connectivity index (χ0) is 30.9. The fourth-order valence-corrected chi connectivity index (χ4v) is 7.74. The van der Waals surface area contributed by atoms with Gasteiger partial charge in [0.1, 0.15) is 22.7 Å². The average Bonchev–Trinajstić information content (AvgIpc) is 3.85. The predicted octanol–water partition coefficient (Wildman–Crippen LogP) is 7.95. The van der Waals surface area contributed by atoms with Crippen LogP contribution in [0.1, 0.15) is 112 Å². The van der Waals surface area contributed by atoms with Crippen LogP contribution in [0.2, 0.25) is 0 Å². The number of hydrogen-bond acceptors (Lipinski definition) is 5. The van der Waals surface area contributed by atoms with Gasteiger partial charge in [-0.1, -0.05) is 32.9 Å². The molecule has 234 valence electrons. The largest absolute Gasteiger partial charge is 0.357 e. The molecule has 0 bridgehead atoms. The molecule has 0 aliphatic carbocycles. The molecule has 45 heavy (non-hydrogen) atoms. The summed E-state index contributed by atoms with van der Waals surface area (Å²) in [7, 11) is 0. The number of imidazole rings is 2. The van der Waals surface area contributed by atoms with Gasteiger partial charge in [0, 0.05) is 5.69 Å². The lowest BCUT2D eigenvalue weighted by Gasteiger charge is -2.34. The fraction of sp³-hybridized carbons (Fsp3) is 0.444. The van der Waals surface area contributed by atoms with Crippen LogP contribution in [0, 0.1) is 11.6 Å². The topological polar surface area (TPSA) is 84.7 Å². The first-order chi connectivity index (χ1) is 21.7. The van der Waals surface area contributed by atoms with E-state index in [2.05, 4.69) is 92.6 Å². The Bertz CT molecular complexity index is 1750. The summed E-state index contributed by atoms with van der Waals surface area (Å²) in [6.07, 6.45) is 5.78. The summed E-state index contributed by atoms with van der Waals surface area (Å²) in [6.45, 7) is 8.52. The highest BCUT2D eigenvalue weighted by molar-refractivity contribution is 5.78. The third kappa shape index (κ3) is 5.10. The Morgan fingerprint density at radius 3 is 1.60 bits per heavy atom. The van der Waals surface area contributed by atoms with Crippen LogP contribution in [-0.4, -0.2) is 33.0 Å². The second kappa shape index (κ2) is 10.9. The van der Waals surface area contributed by atoms with Crippen molar-refractivity contribution in [2.24, 2.45) is 0 Å². The zero-order valence-corrected chi connectivity index (χ0v) is 26.2. The first-order valence-electron chi connectivity index (χ1n) is 16.5. The number of benzene rings is 3. The van der Waals surface area contributed by atoms with Crippen molar-refractivity contribution in [1.82, 2.24) is 30.6 Å². The Hall–Kier alpha value is -3.82. The van der Waals surface area contributed by atoms with Crippen LogP contribution in [0.4, 0.5) is 14.5 Å². The molecule has 2 aromatic heterocycles. The van der Waals surface area contributed by atoms with Crippen LogP contribution in [0.15, 0.2) is 48.5 Å². The van der Waals surface area contributed by atoms with Crippen molar-refractivity contribution < 1.29 is 8.78 Å². The summed E-state index contributed by atoms with van der Waals surface area (Å²) in [5.41, 5.74) is 6.31. The molecule has 4 unspecified atom stereocenters. The molecule has 3 saturated heterocycles. The second-order valence-corrected chi connectivity index (χ2v) is 14.2. The Balaban J connectivity index is 1.20. The summed E-state index contributed by atoms with van der Waals surface area (Å²) < 4.78 is 31.4. The van der Waals surface area contributed by atoms with Crippen molar-refractivity contribution in [3.05, 3.63) is 88.5 Å². The highest BCUT2D eigenvalue weighted by atomic mass is 19.1. The van der Waals surface area contributed by atoms with Crippen molar-refractivity contribution >= 4 is 27.8 Å². The second-order valence-electron chi connectivity index (χ2n) is 14.2. The molecule has 3 aromatic carbocycles. The minimum absolute atomic E-state index is 0.0175. The smallest absolute Gasteiger partial charge is 0.151 e. The highest BCUT2D eigenvalue weighted by Gasteiger charge is 2.37. The normalized spacial score (nSPS) is 24.1. The maximum Gasteiger partial charge on any atom is 0.151 e. The molecule has 0 saturated carbocycles. The van der Waals surface area contributed by atoms with Crippen molar-refractivity contribution in [1.29, 1.82) is 0 Å². The van der Waals surface area contributed by atoms with Crippen LogP contribution >= 0.6 is 0 Å². The van der Waals surface area contributed by atoms with Crippen LogP contribution in [0.3, 0.4) is 0 Å². The molecular weight excluding hydrogens is 568 g/mol. The number of anilines is 1. The van der Waals surface area contributed by atoms with Gasteiger partial charge < -0.3 is 25.5 Å². The Morgan fingerprint density at radius 1 is 0.689 bits per heavy atom. The van der Waals surface area contributed by atoms with E-state index < -0.39 is 0 Å². The first kappa shape index (κ1) is 28.6. The minimum Gasteiger partial charge on any atom is -0.357 e. The zero-order valence-electron chi connectivity index (χ0n) is 26.2. The molecule has 9 heteroatoms. The number of rotatable bonds is 5. The molecule has 5 aromatic rings. The molecule has 0 spiro atoms. The van der Waals surface area contributed by atoms with E-state index in [1.165, 1.54) is 5.56 Å². The number of H-pyrrole nitrogens is 2. The van der Waals surface area contributed by atoms with Crippen molar-refractivity contribution in [3.63, 3.8) is 0 Å². The third-order valence-electron chi connectivity index (χ3n) is 10.1. The number of aromatic nitrogens is 4. The van der Waals surface area contributed by atoms with Crippen LogP contribution in [0.25, 0.3) is 22.1 Å². The third-order valence-corrected chi connectivity index (χ3v) is 10.1. The summed E-state index contributed by atoms with van der Waals surface area (Å²) >= 11 is 0. The van der Waals surface area contributed by atoms with Crippen molar-refractivity contribution in [3.8, 4) is 0 Å². The molecular formula is C36H41F2N7. The van der Waals surface area contributed by atoms with E-state index in [0.29, 0.717) is 11.0 Å². The number of aromatic amines is 2. The Morgan fingerprint density at radius 2 is 1.18 bits per heavy atom. The van der Waals surface area contributed by atoms with Gasteiger partial charge in [0.05, 0.1) is 35.2 Å².